The lowest BCUT2D eigenvalue weighted by Gasteiger charge is -2.20. The van der Waals surface area contributed by atoms with Gasteiger partial charge in [0.15, 0.2) is 6.10 Å². The quantitative estimate of drug-likeness (QED) is 0.0178. The van der Waals surface area contributed by atoms with Crippen LogP contribution in [0.15, 0.2) is 72.9 Å². The van der Waals surface area contributed by atoms with Crippen molar-refractivity contribution >= 4 is 19.8 Å². The molecular weight excluding hydrogens is 759 g/mol. The Morgan fingerprint density at radius 2 is 1.12 bits per heavy atom. The van der Waals surface area contributed by atoms with Crippen LogP contribution in [0, 0.1) is 0 Å². The van der Waals surface area contributed by atoms with E-state index in [-0.39, 0.29) is 31.7 Å². The van der Waals surface area contributed by atoms with E-state index in [4.69, 9.17) is 23.8 Å². The molecule has 1 saturated heterocycles. The Labute approximate surface area is 350 Å². The molecule has 1 aliphatic rings. The van der Waals surface area contributed by atoms with Crippen LogP contribution in [0.5, 0.6) is 0 Å². The van der Waals surface area contributed by atoms with Gasteiger partial charge in [-0.05, 0) is 83.5 Å². The summed E-state index contributed by atoms with van der Waals surface area (Å²) in [6.07, 6.45) is 44.7. The van der Waals surface area contributed by atoms with Gasteiger partial charge < -0.3 is 29.3 Å². The van der Waals surface area contributed by atoms with E-state index in [9.17, 15) is 24.2 Å². The predicted molar refractivity (Wildman–Crippen MR) is 232 cm³/mol. The van der Waals surface area contributed by atoms with Gasteiger partial charge >= 0.3 is 19.8 Å². The normalized spacial score (nSPS) is 18.0. The van der Waals surface area contributed by atoms with Gasteiger partial charge in [-0.25, -0.2) is 4.57 Å². The van der Waals surface area contributed by atoms with Crippen molar-refractivity contribution in [3.63, 3.8) is 0 Å². The van der Waals surface area contributed by atoms with Crippen LogP contribution in [-0.4, -0.2) is 77.9 Å². The molecule has 1 fully saturated rings. The molecule has 0 amide bonds. The molecule has 332 valence electrons. The van der Waals surface area contributed by atoms with Gasteiger partial charge in [-0.15, -0.1) is 0 Å². The zero-order valence-corrected chi connectivity index (χ0v) is 36.6. The van der Waals surface area contributed by atoms with Gasteiger partial charge in [0, 0.05) is 12.8 Å². The summed E-state index contributed by atoms with van der Waals surface area (Å²) in [6.45, 7) is 2.19. The average Bonchev–Trinajstić information content (AvgIpc) is 3.97. The fraction of sp³-hybridized carbons (Fsp3) is 0.696. The number of aliphatic hydroxyl groups is 2. The smallest absolute Gasteiger partial charge is 0.462 e. The van der Waals surface area contributed by atoms with E-state index in [0.717, 1.165) is 44.9 Å². The number of aliphatic hydroxyl groups excluding tert-OH is 2. The second-order valence-electron chi connectivity index (χ2n) is 14.7. The van der Waals surface area contributed by atoms with Crippen molar-refractivity contribution in [2.45, 2.75) is 180 Å². The molecule has 12 heteroatoms. The third-order valence-electron chi connectivity index (χ3n) is 9.26. The monoisotopic (exact) mass is 837 g/mol. The summed E-state index contributed by atoms with van der Waals surface area (Å²) in [5.74, 6) is -1.07. The molecular formula is C46H77O11P. The van der Waals surface area contributed by atoms with Crippen molar-refractivity contribution in [1.82, 2.24) is 0 Å². The lowest BCUT2D eigenvalue weighted by Crippen LogP contribution is -2.29. The third-order valence-corrected chi connectivity index (χ3v) is 10.2. The van der Waals surface area contributed by atoms with Gasteiger partial charge in [0.25, 0.3) is 0 Å². The Bertz CT molecular complexity index is 1260. The summed E-state index contributed by atoms with van der Waals surface area (Å²) in [5, 5.41) is 18.3. The fourth-order valence-electron chi connectivity index (χ4n) is 5.74. The number of unbranched alkanes of at least 4 members (excludes halogenated alkanes) is 10. The maximum absolute atomic E-state index is 12.6. The average molecular weight is 837 g/mol. The minimum atomic E-state index is -4.66. The molecule has 1 rings (SSSR count). The fourth-order valence-corrected chi connectivity index (χ4v) is 6.53. The molecule has 0 aromatic carbocycles. The van der Waals surface area contributed by atoms with Crippen LogP contribution in [0.2, 0.25) is 0 Å². The first-order valence-corrected chi connectivity index (χ1v) is 23.5. The van der Waals surface area contributed by atoms with Crippen molar-refractivity contribution in [2.24, 2.45) is 0 Å². The van der Waals surface area contributed by atoms with Crippen molar-refractivity contribution in [2.75, 3.05) is 26.4 Å². The van der Waals surface area contributed by atoms with E-state index >= 15 is 0 Å². The summed E-state index contributed by atoms with van der Waals surface area (Å²) in [4.78, 5) is 35.1. The molecule has 0 spiro atoms. The molecule has 0 radical (unpaired) electrons. The lowest BCUT2D eigenvalue weighted by molar-refractivity contribution is -0.161. The van der Waals surface area contributed by atoms with Gasteiger partial charge in [0.1, 0.15) is 12.7 Å². The van der Waals surface area contributed by atoms with Crippen LogP contribution in [0.1, 0.15) is 155 Å². The van der Waals surface area contributed by atoms with E-state index in [1.165, 1.54) is 57.8 Å². The number of phosphoric ester groups is 1. The van der Waals surface area contributed by atoms with Crippen LogP contribution in [-0.2, 0) is 37.4 Å². The number of carbonyl (C=O) groups is 2. The molecule has 58 heavy (non-hydrogen) atoms. The molecule has 1 aliphatic heterocycles. The third kappa shape index (κ3) is 34.3. The van der Waals surface area contributed by atoms with E-state index in [1.807, 2.05) is 12.2 Å². The number of esters is 2. The van der Waals surface area contributed by atoms with Gasteiger partial charge in [-0.3, -0.25) is 18.6 Å². The topological polar surface area (TPSA) is 161 Å². The Morgan fingerprint density at radius 3 is 1.74 bits per heavy atom. The van der Waals surface area contributed by atoms with E-state index < -0.39 is 51.8 Å². The lowest BCUT2D eigenvalue weighted by atomic mass is 10.1. The summed E-state index contributed by atoms with van der Waals surface area (Å²) in [7, 11) is -4.66. The molecule has 1 heterocycles. The maximum atomic E-state index is 12.6. The molecule has 0 aromatic rings. The van der Waals surface area contributed by atoms with Gasteiger partial charge in [0.05, 0.1) is 32.0 Å². The molecule has 0 bridgehead atoms. The summed E-state index contributed by atoms with van der Waals surface area (Å²) in [6, 6.07) is 0. The number of hydrogen-bond acceptors (Lipinski definition) is 10. The van der Waals surface area contributed by atoms with Crippen molar-refractivity contribution in [1.29, 1.82) is 0 Å². The number of hydrogen-bond donors (Lipinski definition) is 3. The van der Waals surface area contributed by atoms with Crippen molar-refractivity contribution < 1.29 is 52.5 Å². The Hall–Kier alpha value is -2.63. The molecule has 3 unspecified atom stereocenters. The Kier molecular flexibility index (Phi) is 34.4. The summed E-state index contributed by atoms with van der Waals surface area (Å²) < 4.78 is 38.4. The SMILES string of the molecule is CCCCC/C=C\C/C=C\C/C=C\CC1OC1CCCC(=O)OC[C@H](COP(=O)(O)OC[C@@H](O)CO)OC(=O)CCC/C=C\C/C=C\C/C=C\CCCCCCCC. The van der Waals surface area contributed by atoms with E-state index in [1.54, 1.807) is 0 Å². The Morgan fingerprint density at radius 1 is 0.621 bits per heavy atom. The number of ether oxygens (including phenoxy) is 3. The first kappa shape index (κ1) is 53.4. The number of phosphoric acid groups is 1. The van der Waals surface area contributed by atoms with Crippen LogP contribution < -0.4 is 0 Å². The highest BCUT2D eigenvalue weighted by Crippen LogP contribution is 2.43. The molecule has 5 atom stereocenters. The van der Waals surface area contributed by atoms with Crippen molar-refractivity contribution in [3.05, 3.63) is 72.9 Å². The summed E-state index contributed by atoms with van der Waals surface area (Å²) in [5.41, 5.74) is 0. The van der Waals surface area contributed by atoms with Crippen LogP contribution >= 0.6 is 7.82 Å². The van der Waals surface area contributed by atoms with Gasteiger partial charge in [-0.2, -0.15) is 0 Å². The number of carbonyl (C=O) groups excluding carboxylic acids is 2. The summed E-state index contributed by atoms with van der Waals surface area (Å²) >= 11 is 0. The van der Waals surface area contributed by atoms with Crippen LogP contribution in [0.4, 0.5) is 0 Å². The number of epoxide rings is 1. The first-order valence-electron chi connectivity index (χ1n) is 22.0. The van der Waals surface area contributed by atoms with E-state index in [0.29, 0.717) is 25.7 Å². The van der Waals surface area contributed by atoms with Crippen molar-refractivity contribution in [3.8, 4) is 0 Å². The molecule has 0 aromatic heterocycles. The first-order chi connectivity index (χ1) is 28.2. The zero-order chi connectivity index (χ0) is 42.4. The largest absolute Gasteiger partial charge is 0.472 e. The second-order valence-corrected chi connectivity index (χ2v) is 16.2. The van der Waals surface area contributed by atoms with Crippen LogP contribution in [0.3, 0.4) is 0 Å². The molecule has 0 saturated carbocycles. The Balaban J connectivity index is 2.35. The minimum Gasteiger partial charge on any atom is -0.462 e. The molecule has 3 N–H and O–H groups in total. The predicted octanol–water partition coefficient (Wildman–Crippen LogP) is 10.7. The van der Waals surface area contributed by atoms with E-state index in [2.05, 4.69) is 79.1 Å². The minimum absolute atomic E-state index is 0.0926. The molecule has 11 nitrogen and oxygen atoms in total. The maximum Gasteiger partial charge on any atom is 0.472 e. The second kappa shape index (κ2) is 37.4. The van der Waals surface area contributed by atoms with Crippen LogP contribution in [0.25, 0.3) is 0 Å². The van der Waals surface area contributed by atoms with Gasteiger partial charge in [-0.1, -0.05) is 132 Å². The highest BCUT2D eigenvalue weighted by molar-refractivity contribution is 7.47. The zero-order valence-electron chi connectivity index (χ0n) is 35.7. The highest BCUT2D eigenvalue weighted by atomic mass is 31.2. The van der Waals surface area contributed by atoms with Gasteiger partial charge in [0.2, 0.25) is 0 Å². The number of allylic oxidation sites excluding steroid dienone is 11. The highest BCUT2D eigenvalue weighted by Gasteiger charge is 2.36. The number of rotatable bonds is 39. The standard InChI is InChI=1S/C46H77O11P/c1-3-5-7-9-11-13-15-17-18-19-20-21-23-25-27-29-31-35-46(50)56-42(40-55-58(51,52)54-38-41(48)37-47)39-53-45(49)36-32-34-44-43(57-44)33-30-28-26-24-22-16-14-12-10-8-6-4-2/h12,14,17-18,20-22,24-25,27-28,30,41-44,47-48H,3-11,13,15-16,19,23,26,29,31-40H2,1-2H3,(H,51,52)/b14-12-,18-17-,21-20-,24-22-,27-25-,30-28-/t41-,42+,43?,44?/m0/s1. The molecule has 0 aliphatic carbocycles.